The number of nitriles is 1. The van der Waals surface area contributed by atoms with E-state index in [2.05, 4.69) is 6.07 Å². The Kier molecular flexibility index (Phi) is 3.89. The van der Waals surface area contributed by atoms with E-state index in [1.54, 1.807) is 31.0 Å². The van der Waals surface area contributed by atoms with Crippen molar-refractivity contribution in [1.29, 1.82) is 5.26 Å². The Morgan fingerprint density at radius 3 is 2.76 bits per heavy atom. The molecule has 4 atom stereocenters. The normalized spacial score (nSPS) is 37.1. The summed E-state index contributed by atoms with van der Waals surface area (Å²) < 4.78 is 16.4. The van der Waals surface area contributed by atoms with Gasteiger partial charge in [-0.05, 0) is 24.6 Å². The number of amides is 2. The van der Waals surface area contributed by atoms with Crippen LogP contribution in [0.2, 0.25) is 0 Å². The number of hydrogen-bond donors (Lipinski definition) is 0. The largest absolute Gasteiger partial charge is 0.454 e. The lowest BCUT2D eigenvalue weighted by molar-refractivity contribution is -0.164. The van der Waals surface area contributed by atoms with Gasteiger partial charge in [0.25, 0.3) is 11.8 Å². The van der Waals surface area contributed by atoms with Crippen molar-refractivity contribution in [3.8, 4) is 17.6 Å². The van der Waals surface area contributed by atoms with E-state index in [1.807, 2.05) is 6.07 Å². The van der Waals surface area contributed by atoms with Crippen LogP contribution in [0.1, 0.15) is 24.9 Å². The molecule has 6 rings (SSSR count). The zero-order valence-corrected chi connectivity index (χ0v) is 17.8. The fourth-order valence-electron chi connectivity index (χ4n) is 4.77. The second-order valence-electron chi connectivity index (χ2n) is 7.87. The molecule has 0 radical (unpaired) electrons. The molecule has 1 unspecified atom stereocenters. The molecule has 8 nitrogen and oxygen atoms in total. The molecule has 1 aromatic rings. The van der Waals surface area contributed by atoms with Crippen molar-refractivity contribution in [3.63, 3.8) is 0 Å². The summed E-state index contributed by atoms with van der Waals surface area (Å²) in [6.45, 7) is 1.99. The fourth-order valence-corrected chi connectivity index (χ4v) is 8.31. The third-order valence-corrected chi connectivity index (χ3v) is 10.00. The van der Waals surface area contributed by atoms with E-state index in [4.69, 9.17) is 14.2 Å². The van der Waals surface area contributed by atoms with Crippen molar-refractivity contribution in [3.05, 3.63) is 23.8 Å². The van der Waals surface area contributed by atoms with Gasteiger partial charge in [-0.1, -0.05) is 27.7 Å². The highest BCUT2D eigenvalue weighted by Crippen LogP contribution is 2.69. The van der Waals surface area contributed by atoms with E-state index in [9.17, 15) is 14.9 Å². The number of carbonyl (C=O) groups is 2. The summed E-state index contributed by atoms with van der Waals surface area (Å²) in [7, 11) is 5.95. The zero-order valence-electron chi connectivity index (χ0n) is 16.1. The van der Waals surface area contributed by atoms with Gasteiger partial charge in [-0.25, -0.2) is 0 Å². The highest BCUT2D eigenvalue weighted by atomic mass is 33.1. The van der Waals surface area contributed by atoms with Crippen LogP contribution in [0.5, 0.6) is 11.5 Å². The fraction of sp³-hybridized carbons (Fsp3) is 0.526. The van der Waals surface area contributed by atoms with Crippen molar-refractivity contribution < 1.29 is 23.8 Å². The molecule has 1 spiro atoms. The monoisotopic (exact) mass is 433 g/mol. The second kappa shape index (κ2) is 5.97. The van der Waals surface area contributed by atoms with Gasteiger partial charge in [0, 0.05) is 20.6 Å². The van der Waals surface area contributed by atoms with Crippen LogP contribution in [0.25, 0.3) is 0 Å². The number of carbonyl (C=O) groups excluding carboxylic acids is 2. The molecule has 0 saturated carbocycles. The van der Waals surface area contributed by atoms with Gasteiger partial charge in [-0.2, -0.15) is 5.26 Å². The third kappa shape index (κ3) is 2.15. The van der Waals surface area contributed by atoms with Crippen LogP contribution in [-0.2, 0) is 14.3 Å². The standard InChI is InChI=1S/C19H19N3O5S2/c1-17-15(23)22-14(11-4-5-12-13(6-11)27-10-26-12)18(8-20,9-25-3)7-19(22,29-28-17)16(24)21(17)2/h4-6,14H,7,9-10H2,1-3H3/t14-,17?,18+,19-/m0/s1. The maximum absolute atomic E-state index is 13.7. The minimum Gasteiger partial charge on any atom is -0.454 e. The maximum atomic E-state index is 13.7. The average molecular weight is 434 g/mol. The molecule has 152 valence electrons. The number of benzene rings is 1. The van der Waals surface area contributed by atoms with Gasteiger partial charge < -0.3 is 24.0 Å². The molecule has 29 heavy (non-hydrogen) atoms. The lowest BCUT2D eigenvalue weighted by Gasteiger charge is -2.57. The van der Waals surface area contributed by atoms with Gasteiger partial charge >= 0.3 is 0 Å². The highest BCUT2D eigenvalue weighted by Gasteiger charge is 2.75. The summed E-state index contributed by atoms with van der Waals surface area (Å²) in [5, 5.41) is 10.3. The lowest BCUT2D eigenvalue weighted by Crippen LogP contribution is -2.73. The number of piperazine rings is 1. The smallest absolute Gasteiger partial charge is 0.261 e. The van der Waals surface area contributed by atoms with Gasteiger partial charge in [-0.3, -0.25) is 9.59 Å². The van der Waals surface area contributed by atoms with Crippen LogP contribution in [0.3, 0.4) is 0 Å². The first-order valence-electron chi connectivity index (χ1n) is 9.12. The minimum absolute atomic E-state index is 0.104. The second-order valence-corrected chi connectivity index (χ2v) is 10.7. The van der Waals surface area contributed by atoms with E-state index in [0.717, 1.165) is 5.56 Å². The van der Waals surface area contributed by atoms with Crippen molar-refractivity contribution in [2.75, 3.05) is 27.6 Å². The Morgan fingerprint density at radius 1 is 1.28 bits per heavy atom. The molecule has 5 heterocycles. The molecule has 0 aromatic heterocycles. The lowest BCUT2D eigenvalue weighted by atomic mass is 9.78. The van der Waals surface area contributed by atoms with E-state index in [-0.39, 0.29) is 31.6 Å². The molecule has 2 bridgehead atoms. The number of hydrogen-bond acceptors (Lipinski definition) is 8. The van der Waals surface area contributed by atoms with E-state index in [0.29, 0.717) is 11.5 Å². The number of likely N-dealkylation sites (N-methyl/N-ethyl adjacent to an activating group) is 1. The molecule has 2 amide bonds. The van der Waals surface area contributed by atoms with Crippen LogP contribution < -0.4 is 9.47 Å². The molecule has 10 heteroatoms. The van der Waals surface area contributed by atoms with Gasteiger partial charge in [0.2, 0.25) is 6.79 Å². The Morgan fingerprint density at radius 2 is 2.03 bits per heavy atom. The van der Waals surface area contributed by atoms with Gasteiger partial charge in [0.1, 0.15) is 5.41 Å². The molecule has 0 N–H and O–H groups in total. The van der Waals surface area contributed by atoms with Crippen molar-refractivity contribution in [1.82, 2.24) is 9.80 Å². The Bertz CT molecular complexity index is 983. The van der Waals surface area contributed by atoms with Crippen molar-refractivity contribution >= 4 is 33.4 Å². The minimum atomic E-state index is -1.14. The molecule has 0 aliphatic carbocycles. The van der Waals surface area contributed by atoms with Crippen LogP contribution in [0.4, 0.5) is 0 Å². The zero-order chi connectivity index (χ0) is 20.6. The molecule has 4 fully saturated rings. The van der Waals surface area contributed by atoms with Crippen molar-refractivity contribution in [2.24, 2.45) is 5.41 Å². The van der Waals surface area contributed by atoms with Crippen LogP contribution >= 0.6 is 21.6 Å². The Balaban J connectivity index is 1.72. The summed E-state index contributed by atoms with van der Waals surface area (Å²) in [6.07, 6.45) is 0.201. The predicted molar refractivity (Wildman–Crippen MR) is 106 cm³/mol. The number of nitrogens with zero attached hydrogens (tertiary/aromatic N) is 3. The number of fused-ring (bicyclic) bond motifs is 3. The average Bonchev–Trinajstić information content (AvgIpc) is 3.30. The molecule has 5 aliphatic rings. The maximum Gasteiger partial charge on any atom is 0.261 e. The molecular formula is C19H19N3O5S2. The van der Waals surface area contributed by atoms with E-state index < -0.39 is 21.2 Å². The number of methoxy groups -OCH3 is 1. The van der Waals surface area contributed by atoms with Gasteiger partial charge in [0.15, 0.2) is 21.2 Å². The van der Waals surface area contributed by atoms with Gasteiger partial charge in [0.05, 0.1) is 18.7 Å². The van der Waals surface area contributed by atoms with Crippen LogP contribution in [0, 0.1) is 16.7 Å². The summed E-state index contributed by atoms with van der Waals surface area (Å²) in [4.78, 5) is 28.1. The number of rotatable bonds is 3. The third-order valence-electron chi connectivity index (χ3n) is 6.30. The van der Waals surface area contributed by atoms with Crippen molar-refractivity contribution in [2.45, 2.75) is 29.1 Å². The molecule has 4 saturated heterocycles. The molecular weight excluding hydrogens is 414 g/mol. The Labute approximate surface area is 175 Å². The summed E-state index contributed by atoms with van der Waals surface area (Å²) >= 11 is 0. The first-order valence-corrected chi connectivity index (χ1v) is 11.3. The Hall–Kier alpha value is -2.09. The summed E-state index contributed by atoms with van der Waals surface area (Å²) in [5.74, 6) is 0.871. The first kappa shape index (κ1) is 18.9. The van der Waals surface area contributed by atoms with Gasteiger partial charge in [-0.15, -0.1) is 0 Å². The predicted octanol–water partition coefficient (Wildman–Crippen LogP) is 2.12. The number of ether oxygens (including phenoxy) is 3. The topological polar surface area (TPSA) is 92.1 Å². The molecule has 5 aliphatic heterocycles. The quantitative estimate of drug-likeness (QED) is 0.670. The first-order chi connectivity index (χ1) is 13.8. The van der Waals surface area contributed by atoms with Crippen LogP contribution in [-0.4, -0.2) is 58.9 Å². The molecule has 1 aromatic carbocycles. The SMILES string of the molecule is COC[C@]1(C#N)C[C@@]23SSC(C)(C(=O)N2[C@H]1c1ccc2c(c1)OCO2)N(C)C3=O. The summed E-state index contributed by atoms with van der Waals surface area (Å²) in [5.41, 5.74) is -0.340. The summed E-state index contributed by atoms with van der Waals surface area (Å²) in [6, 6.07) is 7.19. The van der Waals surface area contributed by atoms with Crippen LogP contribution in [0.15, 0.2) is 18.2 Å². The van der Waals surface area contributed by atoms with E-state index >= 15 is 0 Å². The van der Waals surface area contributed by atoms with E-state index in [1.165, 1.54) is 33.6 Å². The highest BCUT2D eigenvalue weighted by molar-refractivity contribution is 8.78.